The van der Waals surface area contributed by atoms with Gasteiger partial charge in [-0.05, 0) is 37.7 Å². The number of nitrogens with two attached hydrogens (primary N) is 1. The molecule has 2 N–H and O–H groups in total. The van der Waals surface area contributed by atoms with Crippen molar-refractivity contribution in [2.45, 2.75) is 58.1 Å². The van der Waals surface area contributed by atoms with Crippen molar-refractivity contribution in [2.75, 3.05) is 0 Å². The summed E-state index contributed by atoms with van der Waals surface area (Å²) in [5.74, 6) is 1.65. The van der Waals surface area contributed by atoms with E-state index in [4.69, 9.17) is 10.5 Å². The molecule has 0 saturated heterocycles. The first kappa shape index (κ1) is 13.4. The normalized spacial score (nSPS) is 25.7. The molecule has 1 aromatic rings. The fourth-order valence-corrected chi connectivity index (χ4v) is 2.73. The van der Waals surface area contributed by atoms with Crippen LogP contribution < -0.4 is 10.5 Å². The van der Waals surface area contributed by atoms with Crippen LogP contribution >= 0.6 is 0 Å². The minimum Gasteiger partial charge on any atom is -0.490 e. The summed E-state index contributed by atoms with van der Waals surface area (Å²) < 4.78 is 6.24. The molecule has 0 aromatic heterocycles. The van der Waals surface area contributed by atoms with Gasteiger partial charge < -0.3 is 10.5 Å². The molecule has 1 fully saturated rings. The summed E-state index contributed by atoms with van der Waals surface area (Å²) in [4.78, 5) is 0. The molecule has 0 radical (unpaired) electrons. The second-order valence-electron chi connectivity index (χ2n) is 5.47. The highest BCUT2D eigenvalue weighted by Gasteiger charge is 2.24. The molecule has 0 amide bonds. The Labute approximate surface area is 111 Å². The van der Waals surface area contributed by atoms with Gasteiger partial charge in [0.15, 0.2) is 0 Å². The van der Waals surface area contributed by atoms with Gasteiger partial charge in [-0.3, -0.25) is 0 Å². The zero-order valence-corrected chi connectivity index (χ0v) is 11.6. The van der Waals surface area contributed by atoms with Gasteiger partial charge in [-0.15, -0.1) is 0 Å². The highest BCUT2D eigenvalue weighted by Crippen LogP contribution is 2.31. The van der Waals surface area contributed by atoms with Gasteiger partial charge in [0, 0.05) is 11.6 Å². The van der Waals surface area contributed by atoms with Crippen molar-refractivity contribution in [2.24, 2.45) is 11.7 Å². The molecule has 0 spiro atoms. The first-order valence-electron chi connectivity index (χ1n) is 7.23. The third-order valence-corrected chi connectivity index (χ3v) is 4.07. The lowest BCUT2D eigenvalue weighted by Gasteiger charge is -2.30. The van der Waals surface area contributed by atoms with E-state index in [9.17, 15) is 0 Å². The van der Waals surface area contributed by atoms with Gasteiger partial charge in [0.05, 0.1) is 0 Å². The summed E-state index contributed by atoms with van der Waals surface area (Å²) in [5, 5.41) is 0. The Morgan fingerprint density at radius 2 is 2.00 bits per heavy atom. The van der Waals surface area contributed by atoms with E-state index in [1.54, 1.807) is 0 Å². The summed E-state index contributed by atoms with van der Waals surface area (Å²) in [6.45, 7) is 4.41. The largest absolute Gasteiger partial charge is 0.490 e. The van der Waals surface area contributed by atoms with Gasteiger partial charge in [0.25, 0.3) is 0 Å². The van der Waals surface area contributed by atoms with Gasteiger partial charge in [0.1, 0.15) is 11.9 Å². The fourth-order valence-electron chi connectivity index (χ4n) is 2.73. The molecular weight excluding hydrogens is 222 g/mol. The lowest BCUT2D eigenvalue weighted by molar-refractivity contribution is 0.101. The van der Waals surface area contributed by atoms with Crippen LogP contribution in [0.1, 0.15) is 57.6 Å². The SMILES string of the molecule is CC[C@H](N)c1ccccc1OC1CCCCC1C. The smallest absolute Gasteiger partial charge is 0.124 e. The molecule has 18 heavy (non-hydrogen) atoms. The second-order valence-corrected chi connectivity index (χ2v) is 5.47. The molecule has 2 rings (SSSR count). The van der Waals surface area contributed by atoms with E-state index in [2.05, 4.69) is 26.0 Å². The first-order chi connectivity index (χ1) is 8.72. The zero-order chi connectivity index (χ0) is 13.0. The average Bonchev–Trinajstić information content (AvgIpc) is 2.41. The number of ether oxygens (including phenoxy) is 1. The second kappa shape index (κ2) is 6.24. The number of benzene rings is 1. The average molecular weight is 247 g/mol. The predicted octanol–water partition coefficient (Wildman–Crippen LogP) is 4.05. The van der Waals surface area contributed by atoms with Crippen LogP contribution in [0.4, 0.5) is 0 Å². The van der Waals surface area contributed by atoms with Crippen molar-refractivity contribution in [1.82, 2.24) is 0 Å². The molecule has 1 aliphatic rings. The molecule has 0 aliphatic heterocycles. The number of hydrogen-bond acceptors (Lipinski definition) is 2. The van der Waals surface area contributed by atoms with E-state index in [-0.39, 0.29) is 6.04 Å². The summed E-state index contributed by atoms with van der Waals surface area (Å²) in [7, 11) is 0. The Morgan fingerprint density at radius 3 is 2.72 bits per heavy atom. The highest BCUT2D eigenvalue weighted by molar-refractivity contribution is 5.35. The van der Waals surface area contributed by atoms with E-state index in [0.717, 1.165) is 17.7 Å². The third kappa shape index (κ3) is 3.05. The Kier molecular flexibility index (Phi) is 4.65. The molecular formula is C16H25NO. The highest BCUT2D eigenvalue weighted by atomic mass is 16.5. The first-order valence-corrected chi connectivity index (χ1v) is 7.23. The van der Waals surface area contributed by atoms with Crippen LogP contribution in [0.3, 0.4) is 0 Å². The number of hydrogen-bond donors (Lipinski definition) is 1. The lowest BCUT2D eigenvalue weighted by Crippen LogP contribution is -2.29. The van der Waals surface area contributed by atoms with Crippen molar-refractivity contribution < 1.29 is 4.74 Å². The van der Waals surface area contributed by atoms with Crippen LogP contribution in [-0.2, 0) is 0 Å². The minimum absolute atomic E-state index is 0.0834. The summed E-state index contributed by atoms with van der Waals surface area (Å²) in [6, 6.07) is 8.32. The molecule has 100 valence electrons. The lowest BCUT2D eigenvalue weighted by atomic mass is 9.88. The van der Waals surface area contributed by atoms with Crippen molar-refractivity contribution >= 4 is 0 Å². The van der Waals surface area contributed by atoms with E-state index in [0.29, 0.717) is 12.0 Å². The topological polar surface area (TPSA) is 35.2 Å². The molecule has 3 atom stereocenters. The van der Waals surface area contributed by atoms with E-state index in [1.807, 2.05) is 12.1 Å². The van der Waals surface area contributed by atoms with Crippen molar-refractivity contribution in [1.29, 1.82) is 0 Å². The van der Waals surface area contributed by atoms with Gasteiger partial charge in [-0.2, -0.15) is 0 Å². The predicted molar refractivity (Wildman–Crippen MR) is 75.7 cm³/mol. The van der Waals surface area contributed by atoms with Gasteiger partial charge in [-0.25, -0.2) is 0 Å². The summed E-state index contributed by atoms with van der Waals surface area (Å²) in [6.07, 6.45) is 6.40. The van der Waals surface area contributed by atoms with Crippen molar-refractivity contribution in [3.8, 4) is 5.75 Å². The minimum atomic E-state index is 0.0834. The van der Waals surface area contributed by atoms with E-state index < -0.39 is 0 Å². The third-order valence-electron chi connectivity index (χ3n) is 4.07. The molecule has 2 heteroatoms. The fraction of sp³-hybridized carbons (Fsp3) is 0.625. The Hall–Kier alpha value is -1.02. The van der Waals surface area contributed by atoms with Gasteiger partial charge in [-0.1, -0.05) is 38.5 Å². The van der Waals surface area contributed by atoms with Crippen molar-refractivity contribution in [3.05, 3.63) is 29.8 Å². The number of para-hydroxylation sites is 1. The number of rotatable bonds is 4. The van der Waals surface area contributed by atoms with Crippen molar-refractivity contribution in [3.63, 3.8) is 0 Å². The monoisotopic (exact) mass is 247 g/mol. The van der Waals surface area contributed by atoms with Gasteiger partial charge >= 0.3 is 0 Å². The molecule has 2 unspecified atom stereocenters. The van der Waals surface area contributed by atoms with E-state index in [1.165, 1.54) is 25.7 Å². The molecule has 0 heterocycles. The van der Waals surface area contributed by atoms with E-state index >= 15 is 0 Å². The Balaban J connectivity index is 2.12. The van der Waals surface area contributed by atoms with Crippen LogP contribution in [0.5, 0.6) is 5.75 Å². The Morgan fingerprint density at radius 1 is 1.28 bits per heavy atom. The Bertz CT molecular complexity index is 377. The van der Waals surface area contributed by atoms with Gasteiger partial charge in [0.2, 0.25) is 0 Å². The van der Waals surface area contributed by atoms with Crippen LogP contribution in [0.15, 0.2) is 24.3 Å². The van der Waals surface area contributed by atoms with Crippen LogP contribution in [0.2, 0.25) is 0 Å². The maximum atomic E-state index is 6.24. The molecule has 2 nitrogen and oxygen atoms in total. The molecule has 0 bridgehead atoms. The standard InChI is InChI=1S/C16H25NO/c1-3-14(17)13-9-5-7-11-16(13)18-15-10-6-4-8-12(15)2/h5,7,9,11-12,14-15H,3-4,6,8,10,17H2,1-2H3/t12?,14-,15?/m0/s1. The molecule has 1 aliphatic carbocycles. The van der Waals surface area contributed by atoms with Crippen LogP contribution in [0, 0.1) is 5.92 Å². The van der Waals surface area contributed by atoms with Crippen LogP contribution in [0.25, 0.3) is 0 Å². The molecule has 1 saturated carbocycles. The summed E-state index contributed by atoms with van der Waals surface area (Å²) in [5.41, 5.74) is 7.31. The summed E-state index contributed by atoms with van der Waals surface area (Å²) >= 11 is 0. The maximum absolute atomic E-state index is 6.24. The zero-order valence-electron chi connectivity index (χ0n) is 11.6. The quantitative estimate of drug-likeness (QED) is 0.871. The molecule has 1 aromatic carbocycles. The maximum Gasteiger partial charge on any atom is 0.124 e. The van der Waals surface area contributed by atoms with Crippen LogP contribution in [-0.4, -0.2) is 6.10 Å².